The summed E-state index contributed by atoms with van der Waals surface area (Å²) < 4.78 is 2.88. The quantitative estimate of drug-likeness (QED) is 0.505. The Balaban J connectivity index is 1.86. The van der Waals surface area contributed by atoms with E-state index in [1.54, 1.807) is 10.8 Å². The van der Waals surface area contributed by atoms with Gasteiger partial charge in [-0.1, -0.05) is 44.2 Å². The zero-order valence-corrected chi connectivity index (χ0v) is 16.6. The van der Waals surface area contributed by atoms with Gasteiger partial charge in [0.1, 0.15) is 11.3 Å². The first-order valence-electron chi connectivity index (χ1n) is 9.93. The number of rotatable bonds is 7. The van der Waals surface area contributed by atoms with E-state index >= 15 is 0 Å². The monoisotopic (exact) mass is 392 g/mol. The molecule has 1 aromatic carbocycles. The van der Waals surface area contributed by atoms with Gasteiger partial charge >= 0.3 is 5.69 Å². The number of nitrogens with one attached hydrogen (secondary N) is 2. The standard InChI is InChI=1S/C21H24N6O2/c1-3-10-26-19-17(20(28)27(11-4-2)21(26)29)23-18(24-19)15-13-22-25-16(15)12-14-8-6-5-7-9-14/h5-9,13H,3-4,10-12H2,1-2H3,(H,22,25)(H,23,24). The van der Waals surface area contributed by atoms with Crippen LogP contribution in [0.1, 0.15) is 37.9 Å². The Kier molecular flexibility index (Phi) is 5.16. The summed E-state index contributed by atoms with van der Waals surface area (Å²) in [5.41, 5.74) is 2.95. The summed E-state index contributed by atoms with van der Waals surface area (Å²) in [6, 6.07) is 10.1. The molecule has 4 aromatic rings. The zero-order chi connectivity index (χ0) is 20.4. The molecule has 0 saturated heterocycles. The molecule has 0 saturated carbocycles. The second-order valence-corrected chi connectivity index (χ2v) is 7.10. The molecule has 3 aromatic heterocycles. The number of H-pyrrole nitrogens is 2. The van der Waals surface area contributed by atoms with Crippen LogP contribution in [0.3, 0.4) is 0 Å². The van der Waals surface area contributed by atoms with Gasteiger partial charge in [-0.25, -0.2) is 9.78 Å². The molecule has 4 rings (SSSR count). The van der Waals surface area contributed by atoms with E-state index in [1.165, 1.54) is 4.57 Å². The van der Waals surface area contributed by atoms with Crippen molar-refractivity contribution >= 4 is 11.2 Å². The minimum Gasteiger partial charge on any atom is -0.332 e. The van der Waals surface area contributed by atoms with Crippen LogP contribution < -0.4 is 11.2 Å². The fraction of sp³-hybridized carbons (Fsp3) is 0.333. The molecule has 0 fully saturated rings. The van der Waals surface area contributed by atoms with Crippen molar-refractivity contribution in [1.29, 1.82) is 0 Å². The molecule has 0 aliphatic carbocycles. The predicted molar refractivity (Wildman–Crippen MR) is 112 cm³/mol. The number of hydrogen-bond donors (Lipinski definition) is 2. The highest BCUT2D eigenvalue weighted by Gasteiger charge is 2.19. The van der Waals surface area contributed by atoms with E-state index in [2.05, 4.69) is 20.2 Å². The zero-order valence-electron chi connectivity index (χ0n) is 16.6. The normalized spacial score (nSPS) is 11.4. The average molecular weight is 392 g/mol. The second kappa shape index (κ2) is 7.90. The number of fused-ring (bicyclic) bond motifs is 1. The summed E-state index contributed by atoms with van der Waals surface area (Å²) in [6.07, 6.45) is 3.83. The molecule has 8 heteroatoms. The first-order valence-corrected chi connectivity index (χ1v) is 9.93. The fourth-order valence-electron chi connectivity index (χ4n) is 3.59. The number of aromatic amines is 2. The van der Waals surface area contributed by atoms with Crippen LogP contribution in [-0.2, 0) is 19.5 Å². The maximum atomic E-state index is 12.9. The van der Waals surface area contributed by atoms with Crippen LogP contribution in [0.15, 0.2) is 46.1 Å². The molecule has 0 radical (unpaired) electrons. The number of hydrogen-bond acceptors (Lipinski definition) is 4. The Morgan fingerprint density at radius 2 is 1.72 bits per heavy atom. The smallest absolute Gasteiger partial charge is 0.332 e. The lowest BCUT2D eigenvalue weighted by Crippen LogP contribution is -2.40. The highest BCUT2D eigenvalue weighted by atomic mass is 16.2. The number of aromatic nitrogens is 6. The van der Waals surface area contributed by atoms with E-state index < -0.39 is 0 Å². The number of aryl methyl sites for hydroxylation is 1. The van der Waals surface area contributed by atoms with Crippen molar-refractivity contribution in [2.45, 2.75) is 46.2 Å². The molecule has 0 aliphatic rings. The third kappa shape index (κ3) is 3.41. The SMILES string of the molecule is CCCn1c(=O)c2[nH]c(-c3cn[nH]c3Cc3ccccc3)nc2n(CCC)c1=O. The summed E-state index contributed by atoms with van der Waals surface area (Å²) in [5.74, 6) is 0.537. The van der Waals surface area contributed by atoms with Gasteiger partial charge in [-0.15, -0.1) is 0 Å². The molecule has 3 heterocycles. The highest BCUT2D eigenvalue weighted by Crippen LogP contribution is 2.23. The Morgan fingerprint density at radius 1 is 1.00 bits per heavy atom. The Morgan fingerprint density at radius 3 is 2.45 bits per heavy atom. The molecular weight excluding hydrogens is 368 g/mol. The van der Waals surface area contributed by atoms with Crippen LogP contribution in [0.25, 0.3) is 22.6 Å². The lowest BCUT2D eigenvalue weighted by atomic mass is 10.1. The van der Waals surface area contributed by atoms with Crippen molar-refractivity contribution in [1.82, 2.24) is 29.3 Å². The van der Waals surface area contributed by atoms with Crippen LogP contribution in [0.2, 0.25) is 0 Å². The van der Waals surface area contributed by atoms with Crippen molar-refractivity contribution in [3.63, 3.8) is 0 Å². The third-order valence-corrected chi connectivity index (χ3v) is 4.95. The van der Waals surface area contributed by atoms with E-state index in [1.807, 2.05) is 44.2 Å². The Bertz CT molecular complexity index is 1250. The Labute approximate surface area is 167 Å². The maximum Gasteiger partial charge on any atom is 0.332 e. The molecule has 150 valence electrons. The molecule has 0 unspecified atom stereocenters. The van der Waals surface area contributed by atoms with E-state index in [-0.39, 0.29) is 11.2 Å². The van der Waals surface area contributed by atoms with Crippen molar-refractivity contribution < 1.29 is 0 Å². The van der Waals surface area contributed by atoms with Gasteiger partial charge in [0.2, 0.25) is 0 Å². The first kappa shape index (κ1) is 18.9. The average Bonchev–Trinajstić information content (AvgIpc) is 3.36. The Hall–Kier alpha value is -3.42. The largest absolute Gasteiger partial charge is 0.332 e. The number of imidazole rings is 1. The van der Waals surface area contributed by atoms with Crippen LogP contribution in [0, 0.1) is 0 Å². The summed E-state index contributed by atoms with van der Waals surface area (Å²) in [5, 5.41) is 7.21. The first-order chi connectivity index (χ1) is 14.1. The molecule has 0 amide bonds. The maximum absolute atomic E-state index is 12.9. The molecular formula is C21H24N6O2. The number of nitrogens with zero attached hydrogens (tertiary/aromatic N) is 4. The summed E-state index contributed by atoms with van der Waals surface area (Å²) in [6.45, 7) is 4.83. The van der Waals surface area contributed by atoms with Crippen molar-refractivity contribution in [3.05, 3.63) is 68.6 Å². The van der Waals surface area contributed by atoms with Gasteiger partial charge in [0.25, 0.3) is 5.56 Å². The van der Waals surface area contributed by atoms with Gasteiger partial charge in [0.15, 0.2) is 5.65 Å². The lowest BCUT2D eigenvalue weighted by Gasteiger charge is -2.09. The summed E-state index contributed by atoms with van der Waals surface area (Å²) in [4.78, 5) is 33.5. The van der Waals surface area contributed by atoms with Crippen molar-refractivity contribution in [2.75, 3.05) is 0 Å². The van der Waals surface area contributed by atoms with E-state index in [0.717, 1.165) is 23.2 Å². The molecule has 0 aliphatic heterocycles. The van der Waals surface area contributed by atoms with Crippen molar-refractivity contribution in [2.24, 2.45) is 0 Å². The molecule has 0 atom stereocenters. The molecule has 0 spiro atoms. The van der Waals surface area contributed by atoms with Crippen LogP contribution >= 0.6 is 0 Å². The van der Waals surface area contributed by atoms with Gasteiger partial charge in [-0.05, 0) is 18.4 Å². The third-order valence-electron chi connectivity index (χ3n) is 4.95. The van der Waals surface area contributed by atoms with Crippen LogP contribution in [0.4, 0.5) is 0 Å². The minimum absolute atomic E-state index is 0.305. The summed E-state index contributed by atoms with van der Waals surface area (Å²) in [7, 11) is 0. The molecule has 2 N–H and O–H groups in total. The lowest BCUT2D eigenvalue weighted by molar-refractivity contribution is 0.555. The minimum atomic E-state index is -0.328. The molecule has 0 bridgehead atoms. The fourth-order valence-corrected chi connectivity index (χ4v) is 3.59. The van der Waals surface area contributed by atoms with Gasteiger partial charge < -0.3 is 4.98 Å². The number of benzene rings is 1. The van der Waals surface area contributed by atoms with Gasteiger partial charge in [-0.3, -0.25) is 19.0 Å². The summed E-state index contributed by atoms with van der Waals surface area (Å²) >= 11 is 0. The second-order valence-electron chi connectivity index (χ2n) is 7.10. The molecule has 29 heavy (non-hydrogen) atoms. The van der Waals surface area contributed by atoms with E-state index in [0.29, 0.717) is 42.9 Å². The van der Waals surface area contributed by atoms with Crippen LogP contribution in [-0.4, -0.2) is 29.3 Å². The van der Waals surface area contributed by atoms with Gasteiger partial charge in [-0.2, -0.15) is 5.10 Å². The topological polar surface area (TPSA) is 101 Å². The highest BCUT2D eigenvalue weighted by molar-refractivity contribution is 5.76. The van der Waals surface area contributed by atoms with E-state index in [9.17, 15) is 9.59 Å². The van der Waals surface area contributed by atoms with E-state index in [4.69, 9.17) is 0 Å². The molecule has 8 nitrogen and oxygen atoms in total. The van der Waals surface area contributed by atoms with Crippen molar-refractivity contribution in [3.8, 4) is 11.4 Å². The van der Waals surface area contributed by atoms with Crippen LogP contribution in [0.5, 0.6) is 0 Å². The van der Waals surface area contributed by atoms with Gasteiger partial charge in [0.05, 0.1) is 17.5 Å². The van der Waals surface area contributed by atoms with Gasteiger partial charge in [0, 0.05) is 19.5 Å². The predicted octanol–water partition coefficient (Wildman–Crippen LogP) is 2.69.